The van der Waals surface area contributed by atoms with Crippen LogP contribution in [0.15, 0.2) is 30.6 Å². The highest BCUT2D eigenvalue weighted by Gasteiger charge is 2.07. The molecule has 7 heteroatoms. The van der Waals surface area contributed by atoms with Crippen molar-refractivity contribution in [3.63, 3.8) is 0 Å². The van der Waals surface area contributed by atoms with Crippen LogP contribution in [0.2, 0.25) is 5.02 Å². The topological polar surface area (TPSA) is 67.0 Å². The second-order valence-corrected chi connectivity index (χ2v) is 3.76. The molecule has 0 radical (unpaired) electrons. The van der Waals surface area contributed by atoms with Crippen LogP contribution in [0.25, 0.3) is 0 Å². The molecule has 2 N–H and O–H groups in total. The predicted octanol–water partition coefficient (Wildman–Crippen LogP) is 2.22. The van der Waals surface area contributed by atoms with Crippen LogP contribution in [0.3, 0.4) is 0 Å². The molecular formula is C11H9ClFN3O2. The lowest BCUT2D eigenvalue weighted by atomic mass is 10.3. The Hall–Kier alpha value is -2.08. The first kappa shape index (κ1) is 12.4. The molecule has 18 heavy (non-hydrogen) atoms. The van der Waals surface area contributed by atoms with Crippen LogP contribution in [-0.4, -0.2) is 22.5 Å². The number of anilines is 1. The van der Waals surface area contributed by atoms with Crippen LogP contribution in [-0.2, 0) is 4.79 Å². The quantitative estimate of drug-likeness (QED) is 0.894. The number of imidazole rings is 1. The van der Waals surface area contributed by atoms with Gasteiger partial charge in [0, 0.05) is 12.4 Å². The summed E-state index contributed by atoms with van der Waals surface area (Å²) in [5.41, 5.74) is 0. The fourth-order valence-electron chi connectivity index (χ4n) is 1.24. The number of halogens is 2. The number of aromatic amines is 1. The van der Waals surface area contributed by atoms with E-state index in [-0.39, 0.29) is 17.4 Å². The van der Waals surface area contributed by atoms with Crippen molar-refractivity contribution in [2.24, 2.45) is 0 Å². The Kier molecular flexibility index (Phi) is 3.78. The summed E-state index contributed by atoms with van der Waals surface area (Å²) < 4.78 is 17.9. The summed E-state index contributed by atoms with van der Waals surface area (Å²) in [6.45, 7) is -0.244. The van der Waals surface area contributed by atoms with Crippen LogP contribution >= 0.6 is 11.6 Å². The second kappa shape index (κ2) is 5.50. The van der Waals surface area contributed by atoms with E-state index in [4.69, 9.17) is 16.3 Å². The normalized spacial score (nSPS) is 10.1. The third kappa shape index (κ3) is 3.21. The number of ether oxygens (including phenoxy) is 1. The van der Waals surface area contributed by atoms with Gasteiger partial charge in [-0.1, -0.05) is 11.6 Å². The molecule has 2 rings (SSSR count). The van der Waals surface area contributed by atoms with Crippen molar-refractivity contribution in [2.45, 2.75) is 0 Å². The fourth-order valence-corrected chi connectivity index (χ4v) is 1.46. The van der Waals surface area contributed by atoms with E-state index in [9.17, 15) is 9.18 Å². The number of benzene rings is 1. The van der Waals surface area contributed by atoms with E-state index in [2.05, 4.69) is 15.3 Å². The maximum absolute atomic E-state index is 12.8. The van der Waals surface area contributed by atoms with Crippen molar-refractivity contribution in [2.75, 3.05) is 11.9 Å². The number of aromatic nitrogens is 2. The van der Waals surface area contributed by atoms with Gasteiger partial charge < -0.3 is 9.72 Å². The average Bonchev–Trinajstić information content (AvgIpc) is 2.80. The zero-order chi connectivity index (χ0) is 13.0. The molecule has 0 atom stereocenters. The maximum Gasteiger partial charge on any atom is 0.264 e. The first-order chi connectivity index (χ1) is 8.65. The van der Waals surface area contributed by atoms with Crippen molar-refractivity contribution >= 4 is 23.5 Å². The van der Waals surface area contributed by atoms with E-state index in [1.165, 1.54) is 18.3 Å². The molecule has 0 bridgehead atoms. The lowest BCUT2D eigenvalue weighted by Gasteiger charge is -2.07. The molecule has 94 valence electrons. The molecule has 0 fully saturated rings. The van der Waals surface area contributed by atoms with E-state index in [1.54, 1.807) is 6.20 Å². The van der Waals surface area contributed by atoms with Crippen molar-refractivity contribution < 1.29 is 13.9 Å². The van der Waals surface area contributed by atoms with Crippen LogP contribution in [0.5, 0.6) is 5.75 Å². The molecule has 0 aliphatic rings. The van der Waals surface area contributed by atoms with Gasteiger partial charge in [-0.25, -0.2) is 9.37 Å². The zero-order valence-corrected chi connectivity index (χ0v) is 9.87. The molecule has 1 amide bonds. The maximum atomic E-state index is 12.8. The number of H-pyrrole nitrogens is 1. The number of amides is 1. The van der Waals surface area contributed by atoms with Gasteiger partial charge >= 0.3 is 0 Å². The van der Waals surface area contributed by atoms with E-state index >= 15 is 0 Å². The molecule has 1 aromatic heterocycles. The minimum absolute atomic E-state index is 0.112. The Balaban J connectivity index is 1.89. The molecule has 0 saturated carbocycles. The molecule has 0 spiro atoms. The van der Waals surface area contributed by atoms with Gasteiger partial charge in [-0.05, 0) is 18.2 Å². The molecular weight excluding hydrogens is 261 g/mol. The molecule has 2 aromatic rings. The highest BCUT2D eigenvalue weighted by atomic mass is 35.5. The molecule has 0 saturated heterocycles. The number of carbonyl (C=O) groups excluding carboxylic acids is 1. The summed E-state index contributed by atoms with van der Waals surface area (Å²) >= 11 is 5.74. The standard InChI is InChI=1S/C11H9ClFN3O2/c12-8-5-7(13)1-2-9(8)18-6-10(17)16-11-14-3-4-15-11/h1-5H,6H2,(H2,14,15,16,17). The Morgan fingerprint density at radius 1 is 1.56 bits per heavy atom. The van der Waals surface area contributed by atoms with Gasteiger partial charge in [-0.3, -0.25) is 10.1 Å². The van der Waals surface area contributed by atoms with Gasteiger partial charge in [0.25, 0.3) is 5.91 Å². The van der Waals surface area contributed by atoms with E-state index in [0.29, 0.717) is 5.95 Å². The van der Waals surface area contributed by atoms with Crippen LogP contribution in [0.4, 0.5) is 10.3 Å². The summed E-state index contributed by atoms with van der Waals surface area (Å²) in [5, 5.41) is 2.59. The lowest BCUT2D eigenvalue weighted by molar-refractivity contribution is -0.118. The molecule has 1 aromatic carbocycles. The highest BCUT2D eigenvalue weighted by molar-refractivity contribution is 6.32. The molecule has 0 aliphatic carbocycles. The van der Waals surface area contributed by atoms with Gasteiger partial charge in [0.15, 0.2) is 6.61 Å². The molecule has 0 unspecified atom stereocenters. The molecule has 1 heterocycles. The largest absolute Gasteiger partial charge is 0.482 e. The zero-order valence-electron chi connectivity index (χ0n) is 9.11. The Labute approximate surface area is 107 Å². The third-order valence-corrected chi connectivity index (χ3v) is 2.30. The van der Waals surface area contributed by atoms with Crippen LogP contribution in [0, 0.1) is 5.82 Å². The Morgan fingerprint density at radius 2 is 2.39 bits per heavy atom. The molecule has 0 aliphatic heterocycles. The monoisotopic (exact) mass is 269 g/mol. The minimum Gasteiger partial charge on any atom is -0.482 e. The van der Waals surface area contributed by atoms with Gasteiger partial charge in [0.1, 0.15) is 11.6 Å². The first-order valence-electron chi connectivity index (χ1n) is 5.02. The average molecular weight is 270 g/mol. The Morgan fingerprint density at radius 3 is 3.06 bits per heavy atom. The summed E-state index contributed by atoms with van der Waals surface area (Å²) in [6, 6.07) is 3.67. The predicted molar refractivity (Wildman–Crippen MR) is 64.1 cm³/mol. The van der Waals surface area contributed by atoms with Gasteiger partial charge in [-0.2, -0.15) is 0 Å². The first-order valence-corrected chi connectivity index (χ1v) is 5.40. The lowest BCUT2D eigenvalue weighted by Crippen LogP contribution is -2.20. The van der Waals surface area contributed by atoms with E-state index in [0.717, 1.165) is 6.07 Å². The number of hydrogen-bond acceptors (Lipinski definition) is 3. The molecule has 5 nitrogen and oxygen atoms in total. The summed E-state index contributed by atoms with van der Waals surface area (Å²) in [6.07, 6.45) is 3.08. The summed E-state index contributed by atoms with van der Waals surface area (Å²) in [7, 11) is 0. The highest BCUT2D eigenvalue weighted by Crippen LogP contribution is 2.24. The Bertz CT molecular complexity index is 545. The van der Waals surface area contributed by atoms with E-state index < -0.39 is 11.7 Å². The van der Waals surface area contributed by atoms with Gasteiger partial charge in [0.05, 0.1) is 5.02 Å². The number of carbonyl (C=O) groups is 1. The number of nitrogens with zero attached hydrogens (tertiary/aromatic N) is 1. The van der Waals surface area contributed by atoms with Crippen molar-refractivity contribution in [1.29, 1.82) is 0 Å². The van der Waals surface area contributed by atoms with Crippen molar-refractivity contribution in [1.82, 2.24) is 9.97 Å². The third-order valence-electron chi connectivity index (χ3n) is 2.01. The SMILES string of the molecule is O=C(COc1ccc(F)cc1Cl)Nc1ncc[nH]1. The fraction of sp³-hybridized carbons (Fsp3) is 0.0909. The van der Waals surface area contributed by atoms with E-state index in [1.807, 2.05) is 0 Å². The summed E-state index contributed by atoms with van der Waals surface area (Å²) in [5.74, 6) is -0.292. The van der Waals surface area contributed by atoms with Crippen molar-refractivity contribution in [3.05, 3.63) is 41.4 Å². The van der Waals surface area contributed by atoms with Gasteiger partial charge in [0.2, 0.25) is 5.95 Å². The van der Waals surface area contributed by atoms with Crippen LogP contribution in [0.1, 0.15) is 0 Å². The number of hydrogen-bond donors (Lipinski definition) is 2. The van der Waals surface area contributed by atoms with Crippen LogP contribution < -0.4 is 10.1 Å². The smallest absolute Gasteiger partial charge is 0.264 e. The minimum atomic E-state index is -0.465. The summed E-state index contributed by atoms with van der Waals surface area (Å²) in [4.78, 5) is 18.0. The van der Waals surface area contributed by atoms with Gasteiger partial charge in [-0.15, -0.1) is 0 Å². The van der Waals surface area contributed by atoms with Crippen molar-refractivity contribution in [3.8, 4) is 5.75 Å². The number of rotatable bonds is 4. The number of nitrogens with one attached hydrogen (secondary N) is 2. The second-order valence-electron chi connectivity index (χ2n) is 3.35.